The number of likely N-dealkylation sites (tertiary alicyclic amines) is 1. The molecule has 0 atom stereocenters. The molecule has 0 bridgehead atoms. The molecule has 0 spiro atoms. The molecule has 0 radical (unpaired) electrons. The second-order valence-electron chi connectivity index (χ2n) is 5.16. The van der Waals surface area contributed by atoms with Crippen LogP contribution >= 0.6 is 17.0 Å². The molecule has 0 unspecified atom stereocenters. The van der Waals surface area contributed by atoms with Crippen molar-refractivity contribution in [3.63, 3.8) is 0 Å². The molecule has 0 aromatic heterocycles. The molecule has 3 rings (SSSR count). The molecule has 102 valence electrons. The molecule has 1 fully saturated rings. The van der Waals surface area contributed by atoms with E-state index < -0.39 is 0 Å². The number of benzene rings is 2. The topological polar surface area (TPSA) is 23.5 Å². The van der Waals surface area contributed by atoms with Crippen LogP contribution in [0.3, 0.4) is 0 Å². The fourth-order valence-electron chi connectivity index (χ4n) is 2.73. The summed E-state index contributed by atoms with van der Waals surface area (Å²) in [4.78, 5) is 2.54. The number of phenols is 1. The summed E-state index contributed by atoms with van der Waals surface area (Å²) in [6, 6.07) is 12.1. The van der Waals surface area contributed by atoms with Crippen LogP contribution < -0.4 is 0 Å². The molecule has 3 heteroatoms. The first-order valence-corrected chi connectivity index (χ1v) is 6.75. The van der Waals surface area contributed by atoms with E-state index in [1.807, 2.05) is 12.1 Å². The van der Waals surface area contributed by atoms with Gasteiger partial charge < -0.3 is 10.0 Å². The zero-order chi connectivity index (χ0) is 12.4. The van der Waals surface area contributed by atoms with E-state index in [4.69, 9.17) is 0 Å². The summed E-state index contributed by atoms with van der Waals surface area (Å²) in [5, 5.41) is 11.8. The summed E-state index contributed by atoms with van der Waals surface area (Å²) in [5.74, 6) is 0.340. The number of nitrogens with zero attached hydrogens (tertiary/aromatic N) is 1. The quantitative estimate of drug-likeness (QED) is 0.930. The smallest absolute Gasteiger partial charge is 0.116 e. The van der Waals surface area contributed by atoms with Gasteiger partial charge >= 0.3 is 0 Å². The van der Waals surface area contributed by atoms with E-state index in [1.54, 1.807) is 6.07 Å². The van der Waals surface area contributed by atoms with E-state index in [1.165, 1.54) is 43.4 Å². The lowest BCUT2D eigenvalue weighted by Crippen LogP contribution is -2.21. The first-order chi connectivity index (χ1) is 8.81. The number of phenolic OH excluding ortho intramolecular Hbond substituents is 1. The van der Waals surface area contributed by atoms with Gasteiger partial charge in [-0.05, 0) is 60.8 Å². The highest BCUT2D eigenvalue weighted by molar-refractivity contribution is 8.93. The maximum Gasteiger partial charge on any atom is 0.116 e. The SMILES string of the molecule is Br.Oc1ccc2cc(CCN3CCCC3)ccc2c1. The third-order valence-corrected chi connectivity index (χ3v) is 3.80. The van der Waals surface area contributed by atoms with Gasteiger partial charge in [-0.2, -0.15) is 0 Å². The molecule has 2 aromatic rings. The van der Waals surface area contributed by atoms with Crippen LogP contribution in [0.1, 0.15) is 18.4 Å². The first kappa shape index (κ1) is 14.4. The maximum absolute atomic E-state index is 9.44. The molecule has 0 amide bonds. The number of hydrogen-bond donors (Lipinski definition) is 1. The van der Waals surface area contributed by atoms with Crippen molar-refractivity contribution in [3.05, 3.63) is 42.0 Å². The van der Waals surface area contributed by atoms with Crippen molar-refractivity contribution in [1.29, 1.82) is 0 Å². The van der Waals surface area contributed by atoms with Crippen LogP contribution in [0.15, 0.2) is 36.4 Å². The van der Waals surface area contributed by atoms with E-state index in [2.05, 4.69) is 23.1 Å². The van der Waals surface area contributed by atoms with Gasteiger partial charge in [-0.1, -0.05) is 24.3 Å². The van der Waals surface area contributed by atoms with Gasteiger partial charge in [-0.3, -0.25) is 0 Å². The van der Waals surface area contributed by atoms with E-state index >= 15 is 0 Å². The first-order valence-electron chi connectivity index (χ1n) is 6.75. The summed E-state index contributed by atoms with van der Waals surface area (Å²) in [6.45, 7) is 3.70. The standard InChI is InChI=1S/C16H19NO.BrH/c18-16-6-5-14-11-13(3-4-15(14)12-16)7-10-17-8-1-2-9-17;/h3-6,11-12,18H,1-2,7-10H2;1H. The molecule has 1 heterocycles. The second kappa shape index (κ2) is 6.40. The minimum Gasteiger partial charge on any atom is -0.508 e. The van der Waals surface area contributed by atoms with Crippen molar-refractivity contribution in [2.45, 2.75) is 19.3 Å². The van der Waals surface area contributed by atoms with E-state index in [-0.39, 0.29) is 17.0 Å². The molecular weight excluding hydrogens is 302 g/mol. The van der Waals surface area contributed by atoms with Gasteiger partial charge in [0.1, 0.15) is 5.75 Å². The predicted molar refractivity (Wildman–Crippen MR) is 85.3 cm³/mol. The van der Waals surface area contributed by atoms with Crippen molar-refractivity contribution < 1.29 is 5.11 Å². The average molecular weight is 322 g/mol. The van der Waals surface area contributed by atoms with Crippen molar-refractivity contribution in [1.82, 2.24) is 4.90 Å². The minimum atomic E-state index is 0. The van der Waals surface area contributed by atoms with Gasteiger partial charge in [-0.25, -0.2) is 0 Å². The van der Waals surface area contributed by atoms with Crippen molar-refractivity contribution >= 4 is 27.8 Å². The van der Waals surface area contributed by atoms with Gasteiger partial charge in [0, 0.05) is 6.54 Å². The summed E-state index contributed by atoms with van der Waals surface area (Å²) in [5.41, 5.74) is 1.39. The number of aromatic hydroxyl groups is 1. The lowest BCUT2D eigenvalue weighted by molar-refractivity contribution is 0.343. The second-order valence-corrected chi connectivity index (χ2v) is 5.16. The molecule has 19 heavy (non-hydrogen) atoms. The van der Waals surface area contributed by atoms with Gasteiger partial charge in [-0.15, -0.1) is 17.0 Å². The van der Waals surface area contributed by atoms with Crippen LogP contribution in [0.25, 0.3) is 10.8 Å². The van der Waals surface area contributed by atoms with Crippen LogP contribution in [-0.2, 0) is 6.42 Å². The van der Waals surface area contributed by atoms with E-state index in [0.29, 0.717) is 5.75 Å². The largest absolute Gasteiger partial charge is 0.508 e. The Balaban J connectivity index is 0.00000133. The molecule has 1 aliphatic heterocycles. The average Bonchev–Trinajstić information content (AvgIpc) is 2.89. The Labute approximate surface area is 124 Å². The monoisotopic (exact) mass is 321 g/mol. The number of halogens is 1. The lowest BCUT2D eigenvalue weighted by Gasteiger charge is -2.14. The highest BCUT2D eigenvalue weighted by Crippen LogP contribution is 2.21. The Morgan fingerprint density at radius 1 is 0.947 bits per heavy atom. The zero-order valence-corrected chi connectivity index (χ0v) is 12.7. The molecule has 1 aliphatic rings. The van der Waals surface area contributed by atoms with Gasteiger partial charge in [0.2, 0.25) is 0 Å². The Kier molecular flexibility index (Phi) is 4.83. The minimum absolute atomic E-state index is 0. The highest BCUT2D eigenvalue weighted by Gasteiger charge is 2.10. The molecule has 2 nitrogen and oxygen atoms in total. The van der Waals surface area contributed by atoms with Crippen LogP contribution in [0, 0.1) is 0 Å². The Morgan fingerprint density at radius 3 is 2.42 bits per heavy atom. The molecule has 0 saturated carbocycles. The predicted octanol–water partition coefficient (Wildman–Crippen LogP) is 3.76. The summed E-state index contributed by atoms with van der Waals surface area (Å²) in [6.07, 6.45) is 3.84. The van der Waals surface area contributed by atoms with Crippen molar-refractivity contribution in [3.8, 4) is 5.75 Å². The van der Waals surface area contributed by atoms with Gasteiger partial charge in [0.25, 0.3) is 0 Å². The van der Waals surface area contributed by atoms with Crippen LogP contribution in [0.5, 0.6) is 5.75 Å². The van der Waals surface area contributed by atoms with Crippen molar-refractivity contribution in [2.24, 2.45) is 0 Å². The third kappa shape index (κ3) is 3.48. The Morgan fingerprint density at radius 2 is 1.63 bits per heavy atom. The van der Waals surface area contributed by atoms with Crippen LogP contribution in [-0.4, -0.2) is 29.6 Å². The third-order valence-electron chi connectivity index (χ3n) is 3.80. The lowest BCUT2D eigenvalue weighted by atomic mass is 10.0. The molecule has 1 saturated heterocycles. The zero-order valence-electron chi connectivity index (χ0n) is 11.0. The number of hydrogen-bond acceptors (Lipinski definition) is 2. The van der Waals surface area contributed by atoms with Crippen molar-refractivity contribution in [2.75, 3.05) is 19.6 Å². The molecule has 1 N–H and O–H groups in total. The van der Waals surface area contributed by atoms with E-state index in [9.17, 15) is 5.11 Å². The number of rotatable bonds is 3. The highest BCUT2D eigenvalue weighted by atomic mass is 79.9. The van der Waals surface area contributed by atoms with Crippen LogP contribution in [0.2, 0.25) is 0 Å². The maximum atomic E-state index is 9.44. The number of fused-ring (bicyclic) bond motifs is 1. The molecule has 0 aliphatic carbocycles. The van der Waals surface area contributed by atoms with E-state index in [0.717, 1.165) is 11.8 Å². The summed E-state index contributed by atoms with van der Waals surface area (Å²) >= 11 is 0. The Bertz CT molecular complexity index is 549. The van der Waals surface area contributed by atoms with Gasteiger partial charge in [0.05, 0.1) is 0 Å². The Hall–Kier alpha value is -1.06. The van der Waals surface area contributed by atoms with Gasteiger partial charge in [0.15, 0.2) is 0 Å². The fourth-order valence-corrected chi connectivity index (χ4v) is 2.73. The van der Waals surface area contributed by atoms with Crippen LogP contribution in [0.4, 0.5) is 0 Å². The molecule has 2 aromatic carbocycles. The normalized spacial score (nSPS) is 15.6. The summed E-state index contributed by atoms with van der Waals surface area (Å²) < 4.78 is 0. The summed E-state index contributed by atoms with van der Waals surface area (Å²) in [7, 11) is 0. The molecular formula is C16H20BrNO. The fraction of sp³-hybridized carbons (Fsp3) is 0.375.